The van der Waals surface area contributed by atoms with E-state index in [9.17, 15) is 18.0 Å². The Labute approximate surface area is 89.2 Å². The van der Waals surface area contributed by atoms with Gasteiger partial charge in [0.25, 0.3) is 6.43 Å². The normalized spacial score (nSPS) is 10.6. The van der Waals surface area contributed by atoms with Gasteiger partial charge in [-0.3, -0.25) is 0 Å². The van der Waals surface area contributed by atoms with Crippen molar-refractivity contribution in [3.05, 3.63) is 28.8 Å². The number of alkyl halides is 2. The number of rotatable bonds is 3. The SMILES string of the molecule is COC(=O)c1cc(CN)c(C(F)F)nc1F. The van der Waals surface area contributed by atoms with Crippen molar-refractivity contribution in [3.8, 4) is 0 Å². The van der Waals surface area contributed by atoms with E-state index >= 15 is 0 Å². The molecule has 1 rings (SSSR count). The second-order valence-corrected chi connectivity index (χ2v) is 2.87. The molecule has 0 saturated heterocycles. The standard InChI is InChI=1S/C9H9F3N2O2/c1-16-9(15)5-2-4(3-13)6(7(10)11)14-8(5)12/h2,7H,3,13H2,1H3. The maximum atomic E-state index is 13.2. The highest BCUT2D eigenvalue weighted by Gasteiger charge is 2.21. The molecule has 1 aromatic rings. The smallest absolute Gasteiger partial charge is 0.342 e. The van der Waals surface area contributed by atoms with Crippen LogP contribution in [-0.2, 0) is 11.3 Å². The lowest BCUT2D eigenvalue weighted by atomic mass is 10.1. The van der Waals surface area contributed by atoms with Crippen LogP contribution in [0.25, 0.3) is 0 Å². The van der Waals surface area contributed by atoms with Crippen LogP contribution in [0.1, 0.15) is 28.0 Å². The van der Waals surface area contributed by atoms with Crippen molar-refractivity contribution in [2.24, 2.45) is 5.73 Å². The molecule has 0 aliphatic heterocycles. The van der Waals surface area contributed by atoms with Crippen LogP contribution in [0, 0.1) is 5.95 Å². The third kappa shape index (κ3) is 2.30. The number of ether oxygens (including phenoxy) is 1. The highest BCUT2D eigenvalue weighted by molar-refractivity contribution is 5.89. The van der Waals surface area contributed by atoms with E-state index in [-0.39, 0.29) is 12.1 Å². The summed E-state index contributed by atoms with van der Waals surface area (Å²) < 4.78 is 42.3. The summed E-state index contributed by atoms with van der Waals surface area (Å²) in [6.07, 6.45) is -2.94. The Kier molecular flexibility index (Phi) is 3.83. The first-order valence-electron chi connectivity index (χ1n) is 4.27. The van der Waals surface area contributed by atoms with Crippen LogP contribution in [0.2, 0.25) is 0 Å². The van der Waals surface area contributed by atoms with Crippen molar-refractivity contribution < 1.29 is 22.7 Å². The number of nitrogens with zero attached hydrogens (tertiary/aromatic N) is 1. The molecule has 0 bridgehead atoms. The van der Waals surface area contributed by atoms with Crippen molar-refractivity contribution in [1.82, 2.24) is 4.98 Å². The summed E-state index contributed by atoms with van der Waals surface area (Å²) in [6.45, 7) is -0.267. The Bertz CT molecular complexity index is 410. The number of carbonyl (C=O) groups is 1. The molecular weight excluding hydrogens is 225 g/mol. The van der Waals surface area contributed by atoms with Gasteiger partial charge in [0.05, 0.1) is 7.11 Å². The maximum absolute atomic E-state index is 13.2. The van der Waals surface area contributed by atoms with E-state index in [1.165, 1.54) is 0 Å². The van der Waals surface area contributed by atoms with Crippen LogP contribution < -0.4 is 5.73 Å². The highest BCUT2D eigenvalue weighted by Crippen LogP contribution is 2.23. The van der Waals surface area contributed by atoms with Gasteiger partial charge < -0.3 is 10.5 Å². The number of halogens is 3. The Morgan fingerprint density at radius 1 is 1.62 bits per heavy atom. The topological polar surface area (TPSA) is 65.2 Å². The molecule has 7 heteroatoms. The molecular formula is C9H9F3N2O2. The Morgan fingerprint density at radius 3 is 2.69 bits per heavy atom. The molecule has 88 valence electrons. The van der Waals surface area contributed by atoms with Crippen LogP contribution >= 0.6 is 0 Å². The lowest BCUT2D eigenvalue weighted by Crippen LogP contribution is -2.12. The molecule has 0 amide bonds. The van der Waals surface area contributed by atoms with Gasteiger partial charge in [-0.2, -0.15) is 4.39 Å². The third-order valence-corrected chi connectivity index (χ3v) is 1.92. The number of esters is 1. The zero-order chi connectivity index (χ0) is 12.3. The second-order valence-electron chi connectivity index (χ2n) is 2.87. The van der Waals surface area contributed by atoms with Gasteiger partial charge in [0.2, 0.25) is 5.95 Å². The lowest BCUT2D eigenvalue weighted by molar-refractivity contribution is 0.0593. The van der Waals surface area contributed by atoms with Crippen molar-refractivity contribution in [2.75, 3.05) is 7.11 Å². The van der Waals surface area contributed by atoms with Gasteiger partial charge in [0, 0.05) is 6.54 Å². The molecule has 0 aliphatic carbocycles. The lowest BCUT2D eigenvalue weighted by Gasteiger charge is -2.08. The van der Waals surface area contributed by atoms with E-state index in [0.29, 0.717) is 0 Å². The molecule has 1 heterocycles. The van der Waals surface area contributed by atoms with Crippen LogP contribution in [0.4, 0.5) is 13.2 Å². The van der Waals surface area contributed by atoms with Gasteiger partial charge in [-0.25, -0.2) is 18.6 Å². The van der Waals surface area contributed by atoms with E-state index in [1.54, 1.807) is 0 Å². The van der Waals surface area contributed by atoms with Gasteiger partial charge in [-0.1, -0.05) is 0 Å². The van der Waals surface area contributed by atoms with Crippen LogP contribution in [0.3, 0.4) is 0 Å². The summed E-state index contributed by atoms with van der Waals surface area (Å²) in [7, 11) is 1.05. The van der Waals surface area contributed by atoms with Crippen LogP contribution in [0.5, 0.6) is 0 Å². The molecule has 0 radical (unpaired) electrons. The van der Waals surface area contributed by atoms with E-state index in [4.69, 9.17) is 5.73 Å². The van der Waals surface area contributed by atoms with Crippen molar-refractivity contribution in [3.63, 3.8) is 0 Å². The number of carbonyl (C=O) groups excluding carboxylic acids is 1. The molecule has 4 nitrogen and oxygen atoms in total. The summed E-state index contributed by atoms with van der Waals surface area (Å²) in [4.78, 5) is 14.1. The van der Waals surface area contributed by atoms with Gasteiger partial charge >= 0.3 is 5.97 Å². The summed E-state index contributed by atoms with van der Waals surface area (Å²) >= 11 is 0. The first kappa shape index (κ1) is 12.4. The van der Waals surface area contributed by atoms with E-state index < -0.39 is 29.6 Å². The highest BCUT2D eigenvalue weighted by atomic mass is 19.3. The molecule has 0 aliphatic rings. The van der Waals surface area contributed by atoms with Crippen LogP contribution in [-0.4, -0.2) is 18.1 Å². The summed E-state index contributed by atoms with van der Waals surface area (Å²) in [5, 5.41) is 0. The number of nitrogens with two attached hydrogens (primary N) is 1. The molecule has 2 N–H and O–H groups in total. The van der Waals surface area contributed by atoms with Crippen molar-refractivity contribution in [1.29, 1.82) is 0 Å². The van der Waals surface area contributed by atoms with Gasteiger partial charge in [-0.15, -0.1) is 0 Å². The summed E-state index contributed by atoms with van der Waals surface area (Å²) in [6, 6.07) is 0.926. The second kappa shape index (κ2) is 4.93. The van der Waals surface area contributed by atoms with Crippen molar-refractivity contribution in [2.45, 2.75) is 13.0 Å². The fourth-order valence-electron chi connectivity index (χ4n) is 1.15. The van der Waals surface area contributed by atoms with E-state index in [0.717, 1.165) is 13.2 Å². The first-order chi connectivity index (χ1) is 7.51. The third-order valence-electron chi connectivity index (χ3n) is 1.92. The number of pyridine rings is 1. The molecule has 0 saturated carbocycles. The minimum Gasteiger partial charge on any atom is -0.465 e. The largest absolute Gasteiger partial charge is 0.465 e. The number of hydrogen-bond donors (Lipinski definition) is 1. The Morgan fingerprint density at radius 2 is 2.25 bits per heavy atom. The monoisotopic (exact) mass is 234 g/mol. The predicted octanol–water partition coefficient (Wildman–Crippen LogP) is 1.40. The summed E-state index contributed by atoms with van der Waals surface area (Å²) in [5.74, 6) is -2.28. The Hall–Kier alpha value is -1.63. The molecule has 1 aromatic heterocycles. The quantitative estimate of drug-likeness (QED) is 0.634. The maximum Gasteiger partial charge on any atom is 0.342 e. The minimum atomic E-state index is -2.94. The number of aromatic nitrogens is 1. The summed E-state index contributed by atoms with van der Waals surface area (Å²) in [5.41, 5.74) is 3.85. The molecule has 0 spiro atoms. The number of hydrogen-bond acceptors (Lipinski definition) is 4. The predicted molar refractivity (Wildman–Crippen MR) is 48.4 cm³/mol. The van der Waals surface area contributed by atoms with Gasteiger partial charge in [-0.05, 0) is 11.6 Å². The average Bonchev–Trinajstić information content (AvgIpc) is 2.27. The van der Waals surface area contributed by atoms with Gasteiger partial charge in [0.15, 0.2) is 0 Å². The molecule has 0 fully saturated rings. The zero-order valence-corrected chi connectivity index (χ0v) is 8.34. The average molecular weight is 234 g/mol. The van der Waals surface area contributed by atoms with Gasteiger partial charge in [0.1, 0.15) is 11.3 Å². The fourth-order valence-corrected chi connectivity index (χ4v) is 1.15. The molecule has 0 aromatic carbocycles. The zero-order valence-electron chi connectivity index (χ0n) is 8.34. The minimum absolute atomic E-state index is 0.0863. The Balaban J connectivity index is 3.31. The van der Waals surface area contributed by atoms with E-state index in [2.05, 4.69) is 9.72 Å². The van der Waals surface area contributed by atoms with Crippen molar-refractivity contribution >= 4 is 5.97 Å². The fraction of sp³-hybridized carbons (Fsp3) is 0.333. The molecule has 0 atom stereocenters. The first-order valence-corrected chi connectivity index (χ1v) is 4.27. The van der Waals surface area contributed by atoms with E-state index in [1.807, 2.05) is 0 Å². The molecule has 16 heavy (non-hydrogen) atoms. The van der Waals surface area contributed by atoms with Crippen LogP contribution in [0.15, 0.2) is 6.07 Å². The molecule has 0 unspecified atom stereocenters. The number of methoxy groups -OCH3 is 1.